The van der Waals surface area contributed by atoms with Crippen molar-refractivity contribution in [2.45, 2.75) is 57.9 Å². The third-order valence-corrected chi connectivity index (χ3v) is 8.95. The quantitative estimate of drug-likeness (QED) is 0.330. The summed E-state index contributed by atoms with van der Waals surface area (Å²) >= 11 is 0. The summed E-state index contributed by atoms with van der Waals surface area (Å²) in [6.45, 7) is 9.96. The van der Waals surface area contributed by atoms with E-state index in [0.717, 1.165) is 12.8 Å². The fraction of sp³-hybridized carbons (Fsp3) is 0.462. The van der Waals surface area contributed by atoms with Gasteiger partial charge in [-0.25, -0.2) is 26.5 Å². The summed E-state index contributed by atoms with van der Waals surface area (Å²) in [4.78, 5) is 19.8. The molecule has 2 aromatic rings. The number of aromatic nitrogens is 1. The molecule has 1 aromatic heterocycles. The molecule has 1 aliphatic heterocycles. The number of amides is 1. The van der Waals surface area contributed by atoms with Crippen LogP contribution in [0, 0.1) is 0 Å². The number of piperidine rings is 1. The second-order valence-corrected chi connectivity index (χ2v) is 14.2. The van der Waals surface area contributed by atoms with Crippen LogP contribution in [0.3, 0.4) is 0 Å². The van der Waals surface area contributed by atoms with Crippen molar-refractivity contribution in [2.24, 2.45) is 0 Å². The van der Waals surface area contributed by atoms with E-state index in [2.05, 4.69) is 33.6 Å². The molecule has 3 rings (SSSR count). The minimum absolute atomic E-state index is 0.00694. The molecule has 0 aliphatic carbocycles. The van der Waals surface area contributed by atoms with Crippen LogP contribution in [0.25, 0.3) is 0 Å². The van der Waals surface area contributed by atoms with Crippen molar-refractivity contribution in [3.8, 4) is 0 Å². The molecule has 0 atom stereocenters. The van der Waals surface area contributed by atoms with Crippen molar-refractivity contribution in [2.75, 3.05) is 40.4 Å². The van der Waals surface area contributed by atoms with Gasteiger partial charge in [0.15, 0.2) is 0 Å². The lowest BCUT2D eigenvalue weighted by atomic mass is 9.99. The summed E-state index contributed by atoms with van der Waals surface area (Å²) in [7, 11) is -7.63. The molecule has 214 valence electrons. The second-order valence-electron chi connectivity index (χ2n) is 10.6. The maximum Gasteiger partial charge on any atom is 0.259 e. The lowest BCUT2D eigenvalue weighted by Gasteiger charge is -2.31. The number of benzene rings is 1. The zero-order valence-electron chi connectivity index (χ0n) is 22.9. The van der Waals surface area contributed by atoms with Crippen LogP contribution in [0.1, 0.15) is 57.8 Å². The fourth-order valence-corrected chi connectivity index (χ4v) is 6.38. The van der Waals surface area contributed by atoms with Gasteiger partial charge in [0.05, 0.1) is 22.8 Å². The molecule has 39 heavy (non-hydrogen) atoms. The number of hydrogen-bond acceptors (Lipinski definition) is 8. The molecule has 0 unspecified atom stereocenters. The fourth-order valence-electron chi connectivity index (χ4n) is 4.14. The van der Waals surface area contributed by atoms with E-state index in [1.54, 1.807) is 26.8 Å². The highest BCUT2D eigenvalue weighted by atomic mass is 32.2. The predicted octanol–water partition coefficient (Wildman–Crippen LogP) is 3.08. The first kappa shape index (κ1) is 30.5. The molecule has 0 spiro atoms. The first-order valence-corrected chi connectivity index (χ1v) is 15.7. The molecule has 1 fully saturated rings. The van der Waals surface area contributed by atoms with E-state index in [1.165, 1.54) is 41.5 Å². The topological polar surface area (TPSA) is 158 Å². The number of nitrogens with one attached hydrogen (secondary N) is 3. The molecule has 2 heterocycles. The maximum atomic E-state index is 13.4. The van der Waals surface area contributed by atoms with Crippen molar-refractivity contribution in [1.29, 1.82) is 0 Å². The minimum atomic E-state index is -3.82. The van der Waals surface area contributed by atoms with Crippen molar-refractivity contribution < 1.29 is 26.7 Å². The van der Waals surface area contributed by atoms with E-state index in [0.29, 0.717) is 18.9 Å². The van der Waals surface area contributed by atoms with Crippen LogP contribution in [0.15, 0.2) is 52.4 Å². The minimum Gasteiger partial charge on any atom is -0.395 e. The van der Waals surface area contributed by atoms with Crippen molar-refractivity contribution in [1.82, 2.24) is 9.71 Å². The van der Waals surface area contributed by atoms with Gasteiger partial charge >= 0.3 is 0 Å². The predicted molar refractivity (Wildman–Crippen MR) is 153 cm³/mol. The summed E-state index contributed by atoms with van der Waals surface area (Å²) in [5, 5.41) is 11.8. The Labute approximate surface area is 230 Å². The Balaban J connectivity index is 1.93. The van der Waals surface area contributed by atoms with Crippen LogP contribution in [0.4, 0.5) is 17.3 Å². The van der Waals surface area contributed by atoms with Crippen LogP contribution in [-0.4, -0.2) is 63.8 Å². The highest BCUT2D eigenvalue weighted by molar-refractivity contribution is 7.92. The lowest BCUT2D eigenvalue weighted by molar-refractivity contribution is 0.102. The molecule has 0 bridgehead atoms. The zero-order chi connectivity index (χ0) is 29.0. The Morgan fingerprint density at radius 3 is 2.31 bits per heavy atom. The Hall–Kier alpha value is -3.00. The van der Waals surface area contributed by atoms with E-state index in [9.17, 15) is 21.6 Å². The average Bonchev–Trinajstić information content (AvgIpc) is 2.82. The summed E-state index contributed by atoms with van der Waals surface area (Å²) in [5.41, 5.74) is 2.39. The number of carbonyl (C=O) groups is 1. The number of aliphatic hydroxyl groups is 1. The van der Waals surface area contributed by atoms with Gasteiger partial charge in [0.25, 0.3) is 5.91 Å². The zero-order valence-corrected chi connectivity index (χ0v) is 24.5. The van der Waals surface area contributed by atoms with E-state index in [4.69, 9.17) is 5.11 Å². The average molecular weight is 580 g/mol. The Morgan fingerprint density at radius 2 is 1.72 bits per heavy atom. The first-order chi connectivity index (χ1) is 18.1. The summed E-state index contributed by atoms with van der Waals surface area (Å²) < 4.78 is 54.9. The SMILES string of the molecule is CC(C)=C1CCN(c2nc(NS(=O)(=O)CCO)ccc2C(=O)Nc2cccc(S(=O)(=O)NC(C)(C)C)c2)CC1. The Bertz CT molecular complexity index is 1450. The highest BCUT2D eigenvalue weighted by Gasteiger charge is 2.25. The van der Waals surface area contributed by atoms with Gasteiger partial charge in [-0.1, -0.05) is 17.2 Å². The van der Waals surface area contributed by atoms with E-state index in [1.807, 2.05) is 4.90 Å². The van der Waals surface area contributed by atoms with Gasteiger partial charge in [0, 0.05) is 24.3 Å². The van der Waals surface area contributed by atoms with Crippen LogP contribution in [0.5, 0.6) is 0 Å². The molecular weight excluding hydrogens is 542 g/mol. The number of nitrogens with zero attached hydrogens (tertiary/aromatic N) is 2. The molecule has 11 nitrogen and oxygen atoms in total. The first-order valence-electron chi connectivity index (χ1n) is 12.6. The van der Waals surface area contributed by atoms with E-state index in [-0.39, 0.29) is 22.0 Å². The van der Waals surface area contributed by atoms with Crippen LogP contribution in [-0.2, 0) is 20.0 Å². The summed E-state index contributed by atoms with van der Waals surface area (Å²) in [6, 6.07) is 8.80. The van der Waals surface area contributed by atoms with Crippen molar-refractivity contribution in [3.05, 3.63) is 53.1 Å². The van der Waals surface area contributed by atoms with E-state index < -0.39 is 43.9 Å². The highest BCUT2D eigenvalue weighted by Crippen LogP contribution is 2.28. The van der Waals surface area contributed by atoms with Crippen molar-refractivity contribution >= 4 is 43.3 Å². The molecule has 4 N–H and O–H groups in total. The second kappa shape index (κ2) is 12.0. The lowest BCUT2D eigenvalue weighted by Crippen LogP contribution is -2.40. The number of carbonyl (C=O) groups excluding carboxylic acids is 1. The third-order valence-electron chi connectivity index (χ3n) is 5.96. The molecule has 1 amide bonds. The number of aliphatic hydroxyl groups excluding tert-OH is 1. The summed E-state index contributed by atoms with van der Waals surface area (Å²) in [5.74, 6) is -0.663. The number of pyridine rings is 1. The number of anilines is 3. The van der Waals surface area contributed by atoms with E-state index >= 15 is 0 Å². The van der Waals surface area contributed by atoms with Gasteiger partial charge in [0.1, 0.15) is 11.6 Å². The molecule has 0 radical (unpaired) electrons. The van der Waals surface area contributed by atoms with Crippen LogP contribution >= 0.6 is 0 Å². The molecule has 13 heteroatoms. The molecule has 0 saturated carbocycles. The van der Waals surface area contributed by atoms with Gasteiger partial charge in [-0.2, -0.15) is 0 Å². The monoisotopic (exact) mass is 579 g/mol. The van der Waals surface area contributed by atoms with Crippen LogP contribution in [0.2, 0.25) is 0 Å². The number of allylic oxidation sites excluding steroid dienone is 1. The number of hydrogen-bond donors (Lipinski definition) is 4. The number of sulfonamides is 2. The van der Waals surface area contributed by atoms with Gasteiger partial charge in [0.2, 0.25) is 20.0 Å². The molecule has 1 saturated heterocycles. The van der Waals surface area contributed by atoms with Crippen molar-refractivity contribution in [3.63, 3.8) is 0 Å². The molecule has 1 aliphatic rings. The third kappa shape index (κ3) is 8.49. The van der Waals surface area contributed by atoms with Gasteiger partial charge in [-0.3, -0.25) is 9.52 Å². The largest absolute Gasteiger partial charge is 0.395 e. The van der Waals surface area contributed by atoms with Crippen LogP contribution < -0.4 is 19.7 Å². The molecule has 1 aromatic carbocycles. The standard InChI is InChI=1S/C26H37N5O6S2/c1-18(2)19-11-13-31(14-12-19)24-22(9-10-23(28-24)29-38(34,35)16-15-32)25(33)27-20-7-6-8-21(17-20)39(36,37)30-26(3,4)5/h6-10,17,30,32H,11-16H2,1-5H3,(H,27,33)(H,28,29). The molecular formula is C26H37N5O6S2. The maximum absolute atomic E-state index is 13.4. The smallest absolute Gasteiger partial charge is 0.259 e. The summed E-state index contributed by atoms with van der Waals surface area (Å²) in [6.07, 6.45) is 1.57. The van der Waals surface area contributed by atoms with Gasteiger partial charge in [-0.15, -0.1) is 0 Å². The van der Waals surface area contributed by atoms with Gasteiger partial charge < -0.3 is 15.3 Å². The number of rotatable bonds is 9. The van der Waals surface area contributed by atoms with Gasteiger partial charge in [-0.05, 0) is 77.8 Å². The normalized spacial score (nSPS) is 14.7. The Morgan fingerprint density at radius 1 is 1.05 bits per heavy atom. The Kier molecular flexibility index (Phi) is 9.42.